The van der Waals surface area contributed by atoms with Gasteiger partial charge in [-0.3, -0.25) is 0 Å². The molecular weight excluding hydrogens is 304 g/mol. The minimum atomic E-state index is 0.273. The lowest BCUT2D eigenvalue weighted by Crippen LogP contribution is -2.12. The molecule has 0 aliphatic heterocycles. The number of hydrogen-bond acceptors (Lipinski definition) is 3. The zero-order valence-corrected chi connectivity index (χ0v) is 11.8. The van der Waals surface area contributed by atoms with E-state index >= 15 is 0 Å². The van der Waals surface area contributed by atoms with Crippen molar-refractivity contribution in [3.8, 4) is 11.8 Å². The van der Waals surface area contributed by atoms with Crippen LogP contribution in [0.5, 0.6) is 5.75 Å². The third kappa shape index (κ3) is 3.57. The maximum atomic E-state index is 9.84. The number of hydrogen-bond donors (Lipinski definition) is 2. The molecule has 0 saturated carbocycles. The molecule has 0 aliphatic carbocycles. The molecule has 3 nitrogen and oxygen atoms in total. The SMILES string of the molecule is N#Cc1ccc(CNCc2cccc(Br)c2O)cc1. The zero-order valence-electron chi connectivity index (χ0n) is 10.2. The second kappa shape index (κ2) is 6.37. The van der Waals surface area contributed by atoms with E-state index in [2.05, 4.69) is 27.3 Å². The van der Waals surface area contributed by atoms with E-state index in [1.54, 1.807) is 18.2 Å². The van der Waals surface area contributed by atoms with Gasteiger partial charge in [0.05, 0.1) is 16.1 Å². The first-order valence-electron chi connectivity index (χ1n) is 5.87. The molecule has 0 aromatic heterocycles. The summed E-state index contributed by atoms with van der Waals surface area (Å²) in [6.45, 7) is 1.28. The Morgan fingerprint density at radius 2 is 1.84 bits per heavy atom. The van der Waals surface area contributed by atoms with Crippen LogP contribution in [0.3, 0.4) is 0 Å². The van der Waals surface area contributed by atoms with Gasteiger partial charge in [0.25, 0.3) is 0 Å². The third-order valence-electron chi connectivity index (χ3n) is 2.80. The van der Waals surface area contributed by atoms with E-state index in [4.69, 9.17) is 5.26 Å². The van der Waals surface area contributed by atoms with Crippen LogP contribution < -0.4 is 5.32 Å². The lowest BCUT2D eigenvalue weighted by molar-refractivity contribution is 0.461. The Morgan fingerprint density at radius 3 is 2.53 bits per heavy atom. The van der Waals surface area contributed by atoms with Crippen LogP contribution in [-0.2, 0) is 13.1 Å². The highest BCUT2D eigenvalue weighted by Gasteiger charge is 2.03. The minimum Gasteiger partial charge on any atom is -0.506 e. The van der Waals surface area contributed by atoms with Crippen molar-refractivity contribution >= 4 is 15.9 Å². The number of para-hydroxylation sites is 1. The van der Waals surface area contributed by atoms with Crippen molar-refractivity contribution in [1.82, 2.24) is 5.32 Å². The molecule has 2 aromatic carbocycles. The van der Waals surface area contributed by atoms with Gasteiger partial charge in [-0.25, -0.2) is 0 Å². The average molecular weight is 317 g/mol. The molecule has 0 unspecified atom stereocenters. The molecule has 2 N–H and O–H groups in total. The number of nitriles is 1. The Hall–Kier alpha value is -1.83. The summed E-state index contributed by atoms with van der Waals surface area (Å²) in [5.41, 5.74) is 2.62. The summed E-state index contributed by atoms with van der Waals surface area (Å²) in [5.74, 6) is 0.273. The minimum absolute atomic E-state index is 0.273. The fourth-order valence-electron chi connectivity index (χ4n) is 1.74. The van der Waals surface area contributed by atoms with Gasteiger partial charge in [-0.1, -0.05) is 24.3 Å². The standard InChI is InChI=1S/C15H13BrN2O/c16-14-3-1-2-13(15(14)19)10-18-9-12-6-4-11(8-17)5-7-12/h1-7,18-19H,9-10H2. The molecule has 96 valence electrons. The highest BCUT2D eigenvalue weighted by Crippen LogP contribution is 2.27. The smallest absolute Gasteiger partial charge is 0.134 e. The van der Waals surface area contributed by atoms with E-state index in [9.17, 15) is 5.11 Å². The molecule has 2 aromatic rings. The number of halogens is 1. The molecule has 0 bridgehead atoms. The normalized spacial score (nSPS) is 10.1. The van der Waals surface area contributed by atoms with Crippen molar-refractivity contribution in [3.05, 3.63) is 63.6 Å². The number of phenolic OH excluding ortho intramolecular Hbond substituents is 1. The molecular formula is C15H13BrN2O. The van der Waals surface area contributed by atoms with Gasteiger partial charge in [0, 0.05) is 18.7 Å². The first-order valence-corrected chi connectivity index (χ1v) is 6.66. The lowest BCUT2D eigenvalue weighted by Gasteiger charge is -2.08. The zero-order chi connectivity index (χ0) is 13.7. The Morgan fingerprint density at radius 1 is 1.11 bits per heavy atom. The molecule has 0 atom stereocenters. The second-order valence-electron chi connectivity index (χ2n) is 4.16. The summed E-state index contributed by atoms with van der Waals surface area (Å²) in [4.78, 5) is 0. The molecule has 0 saturated heterocycles. The van der Waals surface area contributed by atoms with Gasteiger partial charge in [0.1, 0.15) is 5.75 Å². The van der Waals surface area contributed by atoms with Crippen molar-refractivity contribution in [2.24, 2.45) is 0 Å². The van der Waals surface area contributed by atoms with Gasteiger partial charge in [-0.15, -0.1) is 0 Å². The topological polar surface area (TPSA) is 56.0 Å². The van der Waals surface area contributed by atoms with E-state index in [-0.39, 0.29) is 5.75 Å². The van der Waals surface area contributed by atoms with Crippen LogP contribution in [0.1, 0.15) is 16.7 Å². The molecule has 0 amide bonds. The summed E-state index contributed by atoms with van der Waals surface area (Å²) < 4.78 is 0.699. The predicted molar refractivity (Wildman–Crippen MR) is 77.5 cm³/mol. The third-order valence-corrected chi connectivity index (χ3v) is 3.44. The number of phenols is 1. The Bertz CT molecular complexity index is 603. The van der Waals surface area contributed by atoms with Gasteiger partial charge in [0.2, 0.25) is 0 Å². The van der Waals surface area contributed by atoms with Crippen molar-refractivity contribution in [1.29, 1.82) is 5.26 Å². The lowest BCUT2D eigenvalue weighted by atomic mass is 10.1. The van der Waals surface area contributed by atoms with Crippen LogP contribution in [0.15, 0.2) is 46.9 Å². The number of nitrogens with zero attached hydrogens (tertiary/aromatic N) is 1. The first kappa shape index (κ1) is 13.6. The fraction of sp³-hybridized carbons (Fsp3) is 0.133. The van der Waals surface area contributed by atoms with Crippen molar-refractivity contribution < 1.29 is 5.11 Å². The molecule has 19 heavy (non-hydrogen) atoms. The molecule has 0 heterocycles. The van der Waals surface area contributed by atoms with E-state index in [1.807, 2.05) is 24.3 Å². The summed E-state index contributed by atoms with van der Waals surface area (Å²) in [5, 5.41) is 21.8. The number of rotatable bonds is 4. The van der Waals surface area contributed by atoms with Crippen LogP contribution in [0, 0.1) is 11.3 Å². The highest BCUT2D eigenvalue weighted by molar-refractivity contribution is 9.10. The summed E-state index contributed by atoms with van der Waals surface area (Å²) >= 11 is 3.29. The number of nitrogens with one attached hydrogen (secondary N) is 1. The summed E-state index contributed by atoms with van der Waals surface area (Å²) in [6.07, 6.45) is 0. The van der Waals surface area contributed by atoms with E-state index in [0.717, 1.165) is 11.1 Å². The molecule has 4 heteroatoms. The van der Waals surface area contributed by atoms with Crippen LogP contribution in [-0.4, -0.2) is 5.11 Å². The highest BCUT2D eigenvalue weighted by atomic mass is 79.9. The van der Waals surface area contributed by atoms with Gasteiger partial charge in [-0.05, 0) is 39.7 Å². The van der Waals surface area contributed by atoms with Crippen LogP contribution in [0.2, 0.25) is 0 Å². The van der Waals surface area contributed by atoms with Gasteiger partial charge < -0.3 is 10.4 Å². The van der Waals surface area contributed by atoms with E-state index in [0.29, 0.717) is 23.1 Å². The van der Waals surface area contributed by atoms with Crippen LogP contribution in [0.4, 0.5) is 0 Å². The molecule has 0 aliphatic rings. The Labute approximate surface area is 120 Å². The van der Waals surface area contributed by atoms with Crippen molar-refractivity contribution in [2.45, 2.75) is 13.1 Å². The molecule has 0 fully saturated rings. The Kier molecular flexibility index (Phi) is 4.56. The predicted octanol–water partition coefficient (Wildman–Crippen LogP) is 3.32. The van der Waals surface area contributed by atoms with Crippen LogP contribution >= 0.6 is 15.9 Å². The monoisotopic (exact) mass is 316 g/mol. The second-order valence-corrected chi connectivity index (χ2v) is 5.01. The number of aromatic hydroxyl groups is 1. The maximum Gasteiger partial charge on any atom is 0.134 e. The molecule has 2 rings (SSSR count). The fourth-order valence-corrected chi connectivity index (χ4v) is 2.15. The summed E-state index contributed by atoms with van der Waals surface area (Å²) in [7, 11) is 0. The van der Waals surface area contributed by atoms with Gasteiger partial charge in [-0.2, -0.15) is 5.26 Å². The number of benzene rings is 2. The maximum absolute atomic E-state index is 9.84. The quantitative estimate of drug-likeness (QED) is 0.909. The van der Waals surface area contributed by atoms with E-state index < -0.39 is 0 Å². The van der Waals surface area contributed by atoms with Gasteiger partial charge in [0.15, 0.2) is 0 Å². The van der Waals surface area contributed by atoms with E-state index in [1.165, 1.54) is 0 Å². The largest absolute Gasteiger partial charge is 0.506 e. The molecule has 0 radical (unpaired) electrons. The van der Waals surface area contributed by atoms with Crippen LogP contribution in [0.25, 0.3) is 0 Å². The van der Waals surface area contributed by atoms with Crippen molar-refractivity contribution in [2.75, 3.05) is 0 Å². The molecule has 0 spiro atoms. The Balaban J connectivity index is 1.93. The van der Waals surface area contributed by atoms with Crippen molar-refractivity contribution in [3.63, 3.8) is 0 Å². The first-order chi connectivity index (χ1) is 9.20. The average Bonchev–Trinajstić information content (AvgIpc) is 2.44. The van der Waals surface area contributed by atoms with Gasteiger partial charge >= 0.3 is 0 Å². The summed E-state index contributed by atoms with van der Waals surface area (Å²) in [6, 6.07) is 15.1.